The molecule has 3 rings (SSSR count). The summed E-state index contributed by atoms with van der Waals surface area (Å²) in [5.41, 5.74) is 8.87. The Kier molecular flexibility index (Phi) is 7.05. The molecule has 0 aromatic heterocycles. The van der Waals surface area contributed by atoms with E-state index in [0.29, 0.717) is 23.8 Å². The summed E-state index contributed by atoms with van der Waals surface area (Å²) >= 11 is 0. The number of benzene rings is 3. The molecule has 0 saturated heterocycles. The minimum atomic E-state index is -0.395. The molecule has 0 aliphatic rings. The molecule has 30 heavy (non-hydrogen) atoms. The summed E-state index contributed by atoms with van der Waals surface area (Å²) in [6.07, 6.45) is 0.170. The number of carbonyl (C=O) groups excluding carboxylic acids is 2. The third-order valence-electron chi connectivity index (χ3n) is 4.45. The van der Waals surface area contributed by atoms with Gasteiger partial charge in [-0.15, -0.1) is 0 Å². The van der Waals surface area contributed by atoms with E-state index in [1.807, 2.05) is 43.3 Å². The number of nitrogens with two attached hydrogens (primary N) is 1. The van der Waals surface area contributed by atoms with E-state index in [1.165, 1.54) is 5.56 Å². The third kappa shape index (κ3) is 6.38. The van der Waals surface area contributed by atoms with Crippen molar-refractivity contribution in [2.24, 2.45) is 5.73 Å². The summed E-state index contributed by atoms with van der Waals surface area (Å²) < 4.78 is 11.3. The van der Waals surface area contributed by atoms with Crippen LogP contribution in [0.2, 0.25) is 0 Å². The van der Waals surface area contributed by atoms with Crippen LogP contribution < -0.4 is 20.5 Å². The highest BCUT2D eigenvalue weighted by Gasteiger charge is 2.06. The van der Waals surface area contributed by atoms with E-state index in [2.05, 4.69) is 5.32 Å². The highest BCUT2D eigenvalue weighted by Crippen LogP contribution is 2.20. The van der Waals surface area contributed by atoms with Gasteiger partial charge in [-0.3, -0.25) is 9.59 Å². The summed E-state index contributed by atoms with van der Waals surface area (Å²) in [5.74, 6) is 0.524. The number of hydrogen-bond acceptors (Lipinski definition) is 4. The highest BCUT2D eigenvalue weighted by molar-refractivity contribution is 5.92. The summed E-state index contributed by atoms with van der Waals surface area (Å²) in [6, 6.07) is 22.2. The standard InChI is InChI=1S/C24H24N2O4/c1-17-5-2-3-6-19(17)15-29-22-8-4-7-20(14-22)26-24(28)16-30-21-11-9-18(10-12-21)13-23(25)27/h2-12,14H,13,15-16H2,1H3,(H2,25,27)(H,26,28). The van der Waals surface area contributed by atoms with E-state index in [1.54, 1.807) is 36.4 Å². The fourth-order valence-corrected chi connectivity index (χ4v) is 2.85. The molecule has 3 aromatic carbocycles. The van der Waals surface area contributed by atoms with Gasteiger partial charge in [-0.2, -0.15) is 0 Å². The van der Waals surface area contributed by atoms with Crippen LogP contribution in [0.5, 0.6) is 11.5 Å². The lowest BCUT2D eigenvalue weighted by atomic mass is 10.1. The maximum absolute atomic E-state index is 12.2. The van der Waals surface area contributed by atoms with E-state index >= 15 is 0 Å². The first-order valence-corrected chi connectivity index (χ1v) is 9.57. The van der Waals surface area contributed by atoms with E-state index in [9.17, 15) is 9.59 Å². The van der Waals surface area contributed by atoms with Crippen LogP contribution in [0, 0.1) is 6.92 Å². The Morgan fingerprint density at radius 2 is 1.67 bits per heavy atom. The predicted octanol–water partition coefficient (Wildman–Crippen LogP) is 3.62. The van der Waals surface area contributed by atoms with E-state index in [0.717, 1.165) is 11.1 Å². The van der Waals surface area contributed by atoms with Crippen LogP contribution in [0.3, 0.4) is 0 Å². The molecule has 2 amide bonds. The zero-order chi connectivity index (χ0) is 21.3. The molecule has 0 bridgehead atoms. The average Bonchev–Trinajstić information content (AvgIpc) is 2.72. The Morgan fingerprint density at radius 1 is 0.900 bits per heavy atom. The van der Waals surface area contributed by atoms with Gasteiger partial charge in [0.15, 0.2) is 6.61 Å². The van der Waals surface area contributed by atoms with Crippen molar-refractivity contribution in [3.63, 3.8) is 0 Å². The Morgan fingerprint density at radius 3 is 2.40 bits per heavy atom. The zero-order valence-electron chi connectivity index (χ0n) is 16.8. The van der Waals surface area contributed by atoms with Crippen molar-refractivity contribution >= 4 is 17.5 Å². The number of hydrogen-bond donors (Lipinski definition) is 2. The molecule has 0 heterocycles. The lowest BCUT2D eigenvalue weighted by Crippen LogP contribution is -2.20. The molecule has 0 aliphatic heterocycles. The molecule has 3 N–H and O–H groups in total. The van der Waals surface area contributed by atoms with Crippen LogP contribution in [-0.2, 0) is 22.6 Å². The van der Waals surface area contributed by atoms with Gasteiger partial charge >= 0.3 is 0 Å². The van der Waals surface area contributed by atoms with Gasteiger partial charge in [0.05, 0.1) is 6.42 Å². The number of aryl methyl sites for hydroxylation is 1. The number of ether oxygens (including phenoxy) is 2. The molecule has 3 aromatic rings. The number of carbonyl (C=O) groups is 2. The van der Waals surface area contributed by atoms with E-state index < -0.39 is 5.91 Å². The molecular weight excluding hydrogens is 380 g/mol. The first-order chi connectivity index (χ1) is 14.5. The maximum atomic E-state index is 12.2. The number of nitrogens with one attached hydrogen (secondary N) is 1. The molecule has 0 fully saturated rings. The number of primary amides is 1. The molecule has 6 heteroatoms. The monoisotopic (exact) mass is 404 g/mol. The van der Waals surface area contributed by atoms with Gasteiger partial charge in [-0.1, -0.05) is 42.5 Å². The number of amides is 2. The van der Waals surface area contributed by atoms with Crippen LogP contribution in [0.15, 0.2) is 72.8 Å². The summed E-state index contributed by atoms with van der Waals surface area (Å²) in [6.45, 7) is 2.36. The first-order valence-electron chi connectivity index (χ1n) is 9.57. The van der Waals surface area contributed by atoms with E-state index in [-0.39, 0.29) is 18.9 Å². The molecule has 0 spiro atoms. The lowest BCUT2D eigenvalue weighted by Gasteiger charge is -2.11. The second-order valence-electron chi connectivity index (χ2n) is 6.87. The van der Waals surface area contributed by atoms with Crippen LogP contribution in [0.4, 0.5) is 5.69 Å². The van der Waals surface area contributed by atoms with Gasteiger partial charge in [0, 0.05) is 11.8 Å². The van der Waals surface area contributed by atoms with Gasteiger partial charge in [0.1, 0.15) is 18.1 Å². The topological polar surface area (TPSA) is 90.7 Å². The second-order valence-corrected chi connectivity index (χ2v) is 6.87. The second kappa shape index (κ2) is 10.1. The van der Waals surface area contributed by atoms with Crippen LogP contribution >= 0.6 is 0 Å². The SMILES string of the molecule is Cc1ccccc1COc1cccc(NC(=O)COc2ccc(CC(N)=O)cc2)c1. The molecule has 0 aliphatic carbocycles. The van der Waals surface area contributed by atoms with Crippen molar-refractivity contribution in [1.29, 1.82) is 0 Å². The number of anilines is 1. The van der Waals surface area contributed by atoms with Crippen molar-refractivity contribution in [1.82, 2.24) is 0 Å². The minimum Gasteiger partial charge on any atom is -0.489 e. The number of rotatable bonds is 9. The Balaban J connectivity index is 1.50. The lowest BCUT2D eigenvalue weighted by molar-refractivity contribution is -0.118. The summed E-state index contributed by atoms with van der Waals surface area (Å²) in [7, 11) is 0. The van der Waals surface area contributed by atoms with Crippen molar-refractivity contribution < 1.29 is 19.1 Å². The van der Waals surface area contributed by atoms with Gasteiger partial charge in [0.25, 0.3) is 5.91 Å². The maximum Gasteiger partial charge on any atom is 0.262 e. The molecule has 0 radical (unpaired) electrons. The van der Waals surface area contributed by atoms with Crippen molar-refractivity contribution in [3.05, 3.63) is 89.5 Å². The van der Waals surface area contributed by atoms with E-state index in [4.69, 9.17) is 15.2 Å². The fraction of sp³-hybridized carbons (Fsp3) is 0.167. The molecular formula is C24H24N2O4. The zero-order valence-corrected chi connectivity index (χ0v) is 16.8. The Bertz CT molecular complexity index is 1020. The molecule has 6 nitrogen and oxygen atoms in total. The fourth-order valence-electron chi connectivity index (χ4n) is 2.85. The summed E-state index contributed by atoms with van der Waals surface area (Å²) in [5, 5.41) is 2.79. The highest BCUT2D eigenvalue weighted by atomic mass is 16.5. The Hall–Kier alpha value is -3.80. The molecule has 0 unspecified atom stereocenters. The predicted molar refractivity (Wildman–Crippen MR) is 115 cm³/mol. The van der Waals surface area contributed by atoms with Gasteiger partial charge in [-0.05, 0) is 47.9 Å². The van der Waals surface area contributed by atoms with Crippen LogP contribution in [0.25, 0.3) is 0 Å². The normalized spacial score (nSPS) is 10.3. The molecule has 0 saturated carbocycles. The van der Waals surface area contributed by atoms with Crippen molar-refractivity contribution in [2.45, 2.75) is 20.0 Å². The molecule has 154 valence electrons. The first kappa shape index (κ1) is 20.9. The largest absolute Gasteiger partial charge is 0.489 e. The third-order valence-corrected chi connectivity index (χ3v) is 4.45. The minimum absolute atomic E-state index is 0.135. The van der Waals surface area contributed by atoms with Gasteiger partial charge in [-0.25, -0.2) is 0 Å². The average molecular weight is 404 g/mol. The van der Waals surface area contributed by atoms with Crippen LogP contribution in [0.1, 0.15) is 16.7 Å². The van der Waals surface area contributed by atoms with Gasteiger partial charge in [0.2, 0.25) is 5.91 Å². The quantitative estimate of drug-likeness (QED) is 0.570. The molecule has 0 atom stereocenters. The van der Waals surface area contributed by atoms with Gasteiger partial charge < -0.3 is 20.5 Å². The summed E-state index contributed by atoms with van der Waals surface area (Å²) in [4.78, 5) is 23.1. The smallest absolute Gasteiger partial charge is 0.262 e. The van der Waals surface area contributed by atoms with Crippen molar-refractivity contribution in [2.75, 3.05) is 11.9 Å². The van der Waals surface area contributed by atoms with Crippen molar-refractivity contribution in [3.8, 4) is 11.5 Å². The van der Waals surface area contributed by atoms with Crippen LogP contribution in [-0.4, -0.2) is 18.4 Å². The Labute approximate surface area is 175 Å².